The molecule has 1 amide bonds. The van der Waals surface area contributed by atoms with Crippen LogP contribution in [-0.2, 0) is 15.6 Å². The highest BCUT2D eigenvalue weighted by atomic mass is 32.2. The van der Waals surface area contributed by atoms with Gasteiger partial charge in [-0.1, -0.05) is 6.92 Å². The van der Waals surface area contributed by atoms with Gasteiger partial charge in [0.05, 0.1) is 0 Å². The first kappa shape index (κ1) is 17.0. The number of aromatic nitrogens is 1. The number of aliphatic carboxylic acids is 1. The van der Waals surface area contributed by atoms with Crippen LogP contribution >= 0.6 is 0 Å². The Bertz CT molecular complexity index is 572. The highest BCUT2D eigenvalue weighted by molar-refractivity contribution is 7.84. The number of carbonyl (C=O) groups is 2. The van der Waals surface area contributed by atoms with E-state index in [2.05, 4.69) is 10.3 Å². The van der Waals surface area contributed by atoms with E-state index in [0.717, 1.165) is 6.08 Å². The maximum atomic E-state index is 12.1. The molecular formula is C14H18N2O4S. The monoisotopic (exact) mass is 310 g/mol. The predicted molar refractivity (Wildman–Crippen MR) is 81.4 cm³/mol. The third-order valence-corrected chi connectivity index (χ3v) is 4.27. The summed E-state index contributed by atoms with van der Waals surface area (Å²) in [5, 5.41) is 11.4. The van der Waals surface area contributed by atoms with Gasteiger partial charge in [-0.15, -0.1) is 0 Å². The van der Waals surface area contributed by atoms with Gasteiger partial charge in [-0.05, 0) is 18.6 Å². The van der Waals surface area contributed by atoms with Crippen molar-refractivity contribution in [2.75, 3.05) is 12.8 Å². The summed E-state index contributed by atoms with van der Waals surface area (Å²) in [5.74, 6) is -1.40. The zero-order valence-electron chi connectivity index (χ0n) is 11.9. The van der Waals surface area contributed by atoms with E-state index in [9.17, 15) is 13.8 Å². The molecule has 1 aromatic heterocycles. The molecule has 114 valence electrons. The van der Waals surface area contributed by atoms with Crippen LogP contribution in [-0.4, -0.2) is 44.2 Å². The minimum Gasteiger partial charge on any atom is -0.478 e. The van der Waals surface area contributed by atoms with E-state index in [1.807, 2.05) is 6.92 Å². The summed E-state index contributed by atoms with van der Waals surface area (Å²) in [6.07, 6.45) is 7.42. The van der Waals surface area contributed by atoms with Crippen LogP contribution in [0.1, 0.15) is 29.3 Å². The Balaban J connectivity index is 2.70. The molecule has 0 bridgehead atoms. The average molecular weight is 310 g/mol. The van der Waals surface area contributed by atoms with E-state index in [-0.39, 0.29) is 11.2 Å². The molecule has 0 aromatic carbocycles. The lowest BCUT2D eigenvalue weighted by molar-refractivity contribution is -0.131. The molecule has 6 nitrogen and oxygen atoms in total. The molecule has 2 unspecified atom stereocenters. The quantitative estimate of drug-likeness (QED) is 0.734. The summed E-state index contributed by atoms with van der Waals surface area (Å²) in [7, 11) is -0.920. The van der Waals surface area contributed by atoms with Crippen LogP contribution in [0, 0.1) is 0 Å². The van der Waals surface area contributed by atoms with E-state index < -0.39 is 16.8 Å². The van der Waals surface area contributed by atoms with Crippen molar-refractivity contribution >= 4 is 28.8 Å². The average Bonchev–Trinajstić information content (AvgIpc) is 2.44. The van der Waals surface area contributed by atoms with Crippen molar-refractivity contribution in [3.63, 3.8) is 0 Å². The molecule has 21 heavy (non-hydrogen) atoms. The number of hydrogen-bond donors (Lipinski definition) is 2. The largest absolute Gasteiger partial charge is 0.478 e. The van der Waals surface area contributed by atoms with E-state index in [1.54, 1.807) is 6.26 Å². The van der Waals surface area contributed by atoms with Crippen molar-refractivity contribution in [2.24, 2.45) is 0 Å². The van der Waals surface area contributed by atoms with Crippen LogP contribution in [0.2, 0.25) is 0 Å². The van der Waals surface area contributed by atoms with Gasteiger partial charge in [0.15, 0.2) is 0 Å². The number of nitrogens with zero attached hydrogens (tertiary/aromatic N) is 1. The number of pyridine rings is 1. The summed E-state index contributed by atoms with van der Waals surface area (Å²) in [4.78, 5) is 26.5. The predicted octanol–water partition coefficient (Wildman–Crippen LogP) is 1.07. The first-order chi connectivity index (χ1) is 9.91. The number of carboxylic acid groups (broad SMARTS) is 1. The number of nitrogens with one attached hydrogen (secondary N) is 1. The standard InChI is InChI=1S/C14H18N2O4S/c1-10(21(2)20)5-8-16-14(19)12-6-7-15-9-11(12)3-4-13(17)18/h3-4,6-7,9-10H,5,8H2,1-2H3,(H,16,19)(H,17,18)/b4-3+. The second kappa shape index (κ2) is 8.31. The zero-order valence-corrected chi connectivity index (χ0v) is 12.7. The van der Waals surface area contributed by atoms with E-state index >= 15 is 0 Å². The van der Waals surface area contributed by atoms with E-state index in [4.69, 9.17) is 5.11 Å². The normalized spacial score (nSPS) is 13.8. The summed E-state index contributed by atoms with van der Waals surface area (Å²) in [6, 6.07) is 1.53. The van der Waals surface area contributed by atoms with E-state index in [1.165, 1.54) is 24.5 Å². The number of hydrogen-bond acceptors (Lipinski definition) is 4. The van der Waals surface area contributed by atoms with Crippen LogP contribution in [0.15, 0.2) is 24.5 Å². The van der Waals surface area contributed by atoms with Crippen molar-refractivity contribution in [1.82, 2.24) is 10.3 Å². The van der Waals surface area contributed by atoms with Gasteiger partial charge >= 0.3 is 5.97 Å². The molecule has 2 N–H and O–H groups in total. The van der Waals surface area contributed by atoms with Crippen LogP contribution in [0.3, 0.4) is 0 Å². The van der Waals surface area contributed by atoms with Crippen LogP contribution < -0.4 is 5.32 Å². The smallest absolute Gasteiger partial charge is 0.328 e. The maximum absolute atomic E-state index is 12.1. The first-order valence-corrected chi connectivity index (χ1v) is 7.99. The topological polar surface area (TPSA) is 96.4 Å². The Kier molecular flexibility index (Phi) is 6.74. The highest BCUT2D eigenvalue weighted by Gasteiger charge is 2.11. The summed E-state index contributed by atoms with van der Waals surface area (Å²) < 4.78 is 11.2. The molecule has 0 aliphatic carbocycles. The third-order valence-electron chi connectivity index (χ3n) is 2.91. The molecule has 0 saturated heterocycles. The van der Waals surface area contributed by atoms with Gasteiger partial charge in [-0.25, -0.2) is 4.79 Å². The lowest BCUT2D eigenvalue weighted by Gasteiger charge is -2.10. The van der Waals surface area contributed by atoms with Gasteiger partial charge in [0.2, 0.25) is 0 Å². The SMILES string of the molecule is CC(CCNC(=O)c1ccncc1/C=C/C(=O)O)S(C)=O. The second-order valence-corrected chi connectivity index (χ2v) is 6.29. The summed E-state index contributed by atoms with van der Waals surface area (Å²) in [6.45, 7) is 2.26. The van der Waals surface area contributed by atoms with Gasteiger partial charge in [0.1, 0.15) is 0 Å². The van der Waals surface area contributed by atoms with Gasteiger partial charge in [-0.2, -0.15) is 0 Å². The van der Waals surface area contributed by atoms with Gasteiger partial charge in [0, 0.05) is 58.4 Å². The van der Waals surface area contributed by atoms with Crippen LogP contribution in [0.5, 0.6) is 0 Å². The first-order valence-electron chi connectivity index (χ1n) is 6.37. The van der Waals surface area contributed by atoms with Crippen LogP contribution in [0.25, 0.3) is 6.08 Å². The van der Waals surface area contributed by atoms with Crippen LogP contribution in [0.4, 0.5) is 0 Å². The molecule has 0 spiro atoms. The molecule has 0 aliphatic rings. The highest BCUT2D eigenvalue weighted by Crippen LogP contribution is 2.09. The molecule has 1 aromatic rings. The van der Waals surface area contributed by atoms with Gasteiger partial charge in [-0.3, -0.25) is 14.0 Å². The Hall–Kier alpha value is -2.02. The molecule has 0 aliphatic heterocycles. The van der Waals surface area contributed by atoms with E-state index in [0.29, 0.717) is 24.1 Å². The van der Waals surface area contributed by atoms with Gasteiger partial charge < -0.3 is 10.4 Å². The molecule has 2 atom stereocenters. The van der Waals surface area contributed by atoms with Crippen molar-refractivity contribution in [3.05, 3.63) is 35.7 Å². The molecule has 0 radical (unpaired) electrons. The zero-order chi connectivity index (χ0) is 15.8. The molecule has 0 saturated carbocycles. The fourth-order valence-electron chi connectivity index (χ4n) is 1.56. The van der Waals surface area contributed by atoms with Gasteiger partial charge in [0.25, 0.3) is 5.91 Å². The second-order valence-electron chi connectivity index (χ2n) is 4.49. The fraction of sp³-hybridized carbons (Fsp3) is 0.357. The number of carboxylic acids is 1. The maximum Gasteiger partial charge on any atom is 0.328 e. The Morgan fingerprint density at radius 2 is 2.24 bits per heavy atom. The minimum absolute atomic E-state index is 0.00844. The number of amides is 1. The summed E-state index contributed by atoms with van der Waals surface area (Å²) >= 11 is 0. The van der Waals surface area contributed by atoms with Crippen molar-refractivity contribution in [3.8, 4) is 0 Å². The molecule has 0 fully saturated rings. The summed E-state index contributed by atoms with van der Waals surface area (Å²) in [5.41, 5.74) is 0.789. The minimum atomic E-state index is -1.09. The Morgan fingerprint density at radius 3 is 2.86 bits per heavy atom. The van der Waals surface area contributed by atoms with Crippen molar-refractivity contribution in [1.29, 1.82) is 0 Å². The van der Waals surface area contributed by atoms with Crippen molar-refractivity contribution < 1.29 is 18.9 Å². The third kappa shape index (κ3) is 5.86. The lowest BCUT2D eigenvalue weighted by atomic mass is 10.1. The lowest BCUT2D eigenvalue weighted by Crippen LogP contribution is -2.28. The molecule has 1 rings (SSSR count). The molecule has 7 heteroatoms. The Labute approximate surface area is 125 Å². The van der Waals surface area contributed by atoms with Crippen molar-refractivity contribution in [2.45, 2.75) is 18.6 Å². The number of rotatable bonds is 7. The fourth-order valence-corrected chi connectivity index (χ4v) is 2.01. The number of carbonyl (C=O) groups excluding carboxylic acids is 1. The molecule has 1 heterocycles. The Morgan fingerprint density at radius 1 is 1.52 bits per heavy atom. The molecular weight excluding hydrogens is 292 g/mol.